The number of halogens is 1. The third-order valence-corrected chi connectivity index (χ3v) is 3.34. The molecular weight excluding hydrogens is 334 g/mol. The van der Waals surface area contributed by atoms with E-state index in [1.807, 2.05) is 6.07 Å². The SMILES string of the molecule is COc1cc(C(=O)OC(C)c2cccnc2)cc(OC)c1OC.Cl. The van der Waals surface area contributed by atoms with E-state index in [-0.39, 0.29) is 12.4 Å². The number of aromatic nitrogens is 1. The van der Waals surface area contributed by atoms with Gasteiger partial charge in [0.25, 0.3) is 0 Å². The lowest BCUT2D eigenvalue weighted by Crippen LogP contribution is -2.10. The van der Waals surface area contributed by atoms with Crippen LogP contribution in [0.2, 0.25) is 0 Å². The molecule has 0 radical (unpaired) electrons. The Morgan fingerprint density at radius 1 is 1.08 bits per heavy atom. The third kappa shape index (κ3) is 4.29. The molecule has 6 nitrogen and oxygen atoms in total. The maximum absolute atomic E-state index is 12.4. The fourth-order valence-corrected chi connectivity index (χ4v) is 2.11. The molecule has 0 saturated heterocycles. The monoisotopic (exact) mass is 353 g/mol. The zero-order valence-corrected chi connectivity index (χ0v) is 14.8. The van der Waals surface area contributed by atoms with Gasteiger partial charge in [-0.3, -0.25) is 4.98 Å². The maximum Gasteiger partial charge on any atom is 0.339 e. The van der Waals surface area contributed by atoms with Crippen molar-refractivity contribution in [3.63, 3.8) is 0 Å². The number of esters is 1. The van der Waals surface area contributed by atoms with E-state index in [1.165, 1.54) is 21.3 Å². The number of carbonyl (C=O) groups is 1. The molecule has 0 fully saturated rings. The topological polar surface area (TPSA) is 66.9 Å². The largest absolute Gasteiger partial charge is 0.493 e. The molecule has 0 saturated carbocycles. The first-order valence-electron chi connectivity index (χ1n) is 7.01. The van der Waals surface area contributed by atoms with Gasteiger partial charge in [-0.25, -0.2) is 4.79 Å². The molecule has 7 heteroatoms. The highest BCUT2D eigenvalue weighted by Crippen LogP contribution is 2.38. The average Bonchev–Trinajstić information content (AvgIpc) is 2.60. The first-order valence-corrected chi connectivity index (χ1v) is 7.01. The fourth-order valence-electron chi connectivity index (χ4n) is 2.11. The molecular formula is C17H20ClNO5. The van der Waals surface area contributed by atoms with E-state index in [1.54, 1.807) is 37.5 Å². The lowest BCUT2D eigenvalue weighted by molar-refractivity contribution is 0.0336. The summed E-state index contributed by atoms with van der Waals surface area (Å²) >= 11 is 0. The first-order chi connectivity index (χ1) is 11.1. The smallest absolute Gasteiger partial charge is 0.339 e. The average molecular weight is 354 g/mol. The van der Waals surface area contributed by atoms with Crippen molar-refractivity contribution in [1.29, 1.82) is 0 Å². The minimum absolute atomic E-state index is 0. The van der Waals surface area contributed by atoms with Crippen molar-refractivity contribution in [2.75, 3.05) is 21.3 Å². The Bertz CT molecular complexity index is 653. The highest BCUT2D eigenvalue weighted by Gasteiger charge is 2.20. The molecule has 1 aromatic carbocycles. The highest BCUT2D eigenvalue weighted by molar-refractivity contribution is 5.91. The molecule has 0 aliphatic heterocycles. The van der Waals surface area contributed by atoms with Gasteiger partial charge in [-0.2, -0.15) is 0 Å². The summed E-state index contributed by atoms with van der Waals surface area (Å²) in [4.78, 5) is 16.4. The van der Waals surface area contributed by atoms with E-state index in [4.69, 9.17) is 18.9 Å². The molecule has 1 aromatic heterocycles. The molecule has 0 N–H and O–H groups in total. The number of carbonyl (C=O) groups excluding carboxylic acids is 1. The van der Waals surface area contributed by atoms with Gasteiger partial charge in [0.1, 0.15) is 6.10 Å². The van der Waals surface area contributed by atoms with Crippen LogP contribution in [-0.2, 0) is 4.74 Å². The molecule has 0 aliphatic rings. The van der Waals surface area contributed by atoms with Gasteiger partial charge in [-0.1, -0.05) is 6.07 Å². The van der Waals surface area contributed by atoms with E-state index < -0.39 is 12.1 Å². The van der Waals surface area contributed by atoms with Crippen molar-refractivity contribution < 1.29 is 23.7 Å². The first kappa shape index (κ1) is 19.6. The van der Waals surface area contributed by atoms with Crippen LogP contribution >= 0.6 is 12.4 Å². The zero-order chi connectivity index (χ0) is 16.8. The normalized spacial score (nSPS) is 11.0. The van der Waals surface area contributed by atoms with Crippen LogP contribution in [0, 0.1) is 0 Å². The number of hydrogen-bond donors (Lipinski definition) is 0. The molecule has 1 atom stereocenters. The van der Waals surface area contributed by atoms with Gasteiger partial charge < -0.3 is 18.9 Å². The predicted octanol–water partition coefficient (Wildman–Crippen LogP) is 3.45. The Morgan fingerprint density at radius 2 is 1.71 bits per heavy atom. The number of nitrogens with zero attached hydrogens (tertiary/aromatic N) is 1. The Labute approximate surface area is 147 Å². The zero-order valence-electron chi connectivity index (χ0n) is 13.9. The third-order valence-electron chi connectivity index (χ3n) is 3.34. The summed E-state index contributed by atoms with van der Waals surface area (Å²) in [6.07, 6.45) is 2.90. The minimum Gasteiger partial charge on any atom is -0.493 e. The standard InChI is InChI=1S/C17H19NO5.ClH/c1-11(12-6-5-7-18-10-12)23-17(19)13-8-14(20-2)16(22-4)15(9-13)21-3;/h5-11H,1-4H3;1H. The molecule has 2 aromatic rings. The van der Waals surface area contributed by atoms with E-state index >= 15 is 0 Å². The second-order valence-corrected chi connectivity index (χ2v) is 4.75. The number of methoxy groups -OCH3 is 3. The molecule has 1 unspecified atom stereocenters. The minimum atomic E-state index is -0.486. The summed E-state index contributed by atoms with van der Waals surface area (Å²) in [5, 5.41) is 0. The molecule has 0 amide bonds. The van der Waals surface area contributed by atoms with Crippen LogP contribution in [0.5, 0.6) is 17.2 Å². The van der Waals surface area contributed by atoms with E-state index in [0.717, 1.165) is 5.56 Å². The molecule has 0 aliphatic carbocycles. The van der Waals surface area contributed by atoms with Crippen LogP contribution in [0.4, 0.5) is 0 Å². The maximum atomic E-state index is 12.4. The Morgan fingerprint density at radius 3 is 2.17 bits per heavy atom. The lowest BCUT2D eigenvalue weighted by atomic mass is 10.1. The number of pyridine rings is 1. The van der Waals surface area contributed by atoms with Crippen molar-refractivity contribution in [2.45, 2.75) is 13.0 Å². The summed E-state index contributed by atoms with van der Waals surface area (Å²) in [7, 11) is 4.48. The molecule has 0 spiro atoms. The van der Waals surface area contributed by atoms with Crippen LogP contribution in [0.15, 0.2) is 36.7 Å². The number of hydrogen-bond acceptors (Lipinski definition) is 6. The van der Waals surface area contributed by atoms with Crippen molar-refractivity contribution in [2.24, 2.45) is 0 Å². The van der Waals surface area contributed by atoms with E-state index in [2.05, 4.69) is 4.98 Å². The second-order valence-electron chi connectivity index (χ2n) is 4.75. The summed E-state index contributed by atoms with van der Waals surface area (Å²) < 4.78 is 21.2. The van der Waals surface area contributed by atoms with Crippen molar-refractivity contribution in [1.82, 2.24) is 4.98 Å². The van der Waals surface area contributed by atoms with Crippen molar-refractivity contribution >= 4 is 18.4 Å². The summed E-state index contributed by atoms with van der Waals surface area (Å²) in [6, 6.07) is 6.75. The van der Waals surface area contributed by atoms with Crippen LogP contribution < -0.4 is 14.2 Å². The summed E-state index contributed by atoms with van der Waals surface area (Å²) in [6.45, 7) is 1.78. The molecule has 130 valence electrons. The number of rotatable bonds is 6. The van der Waals surface area contributed by atoms with Gasteiger partial charge >= 0.3 is 5.97 Å². The summed E-state index contributed by atoms with van der Waals surface area (Å²) in [5.74, 6) is 0.730. The van der Waals surface area contributed by atoms with Gasteiger partial charge in [-0.15, -0.1) is 12.4 Å². The van der Waals surface area contributed by atoms with E-state index in [9.17, 15) is 4.79 Å². The van der Waals surface area contributed by atoms with Gasteiger partial charge in [0, 0.05) is 18.0 Å². The van der Waals surface area contributed by atoms with Gasteiger partial charge in [0.2, 0.25) is 5.75 Å². The van der Waals surface area contributed by atoms with Crippen molar-refractivity contribution in [3.8, 4) is 17.2 Å². The second kappa shape index (κ2) is 8.98. The van der Waals surface area contributed by atoms with Crippen molar-refractivity contribution in [3.05, 3.63) is 47.8 Å². The predicted molar refractivity (Wildman–Crippen MR) is 91.4 cm³/mol. The Balaban J connectivity index is 0.00000288. The number of benzene rings is 1. The van der Waals surface area contributed by atoms with Crippen LogP contribution in [0.3, 0.4) is 0 Å². The summed E-state index contributed by atoms with van der Waals surface area (Å²) in [5.41, 5.74) is 1.13. The van der Waals surface area contributed by atoms with Crippen LogP contribution in [0.1, 0.15) is 28.9 Å². The van der Waals surface area contributed by atoms with Crippen LogP contribution in [0.25, 0.3) is 0 Å². The quantitative estimate of drug-likeness (QED) is 0.741. The van der Waals surface area contributed by atoms with E-state index in [0.29, 0.717) is 22.8 Å². The van der Waals surface area contributed by atoms with Crippen LogP contribution in [-0.4, -0.2) is 32.3 Å². The molecule has 2 rings (SSSR count). The Kier molecular flexibility index (Phi) is 7.32. The van der Waals surface area contributed by atoms with Gasteiger partial charge in [-0.05, 0) is 25.1 Å². The molecule has 24 heavy (non-hydrogen) atoms. The highest BCUT2D eigenvalue weighted by atomic mass is 35.5. The molecule has 0 bridgehead atoms. The van der Waals surface area contributed by atoms with Gasteiger partial charge in [0.05, 0.1) is 26.9 Å². The van der Waals surface area contributed by atoms with Gasteiger partial charge in [0.15, 0.2) is 11.5 Å². The Hall–Kier alpha value is -2.47. The molecule has 1 heterocycles. The number of ether oxygens (including phenoxy) is 4. The lowest BCUT2D eigenvalue weighted by Gasteiger charge is -2.16. The fraction of sp³-hybridized carbons (Fsp3) is 0.294.